The lowest BCUT2D eigenvalue weighted by Crippen LogP contribution is -2.36. The van der Waals surface area contributed by atoms with E-state index in [0.29, 0.717) is 15.7 Å². The maximum absolute atomic E-state index is 11.9. The Balaban J connectivity index is 1.79. The Kier molecular flexibility index (Phi) is 6.13. The number of hydrogen-bond acceptors (Lipinski definition) is 2. The van der Waals surface area contributed by atoms with Crippen LogP contribution in [0.1, 0.15) is 18.9 Å². The molecule has 0 fully saturated rings. The first kappa shape index (κ1) is 17.4. The highest BCUT2D eigenvalue weighted by Crippen LogP contribution is 2.24. The number of anilines is 1. The van der Waals surface area contributed by atoms with E-state index in [-0.39, 0.29) is 17.8 Å². The van der Waals surface area contributed by atoms with Gasteiger partial charge in [-0.25, -0.2) is 4.79 Å². The van der Waals surface area contributed by atoms with E-state index in [1.54, 1.807) is 30.3 Å². The molecule has 2 aromatic carbocycles. The summed E-state index contributed by atoms with van der Waals surface area (Å²) in [5, 5.41) is 15.7. The van der Waals surface area contributed by atoms with Crippen LogP contribution in [0, 0.1) is 0 Å². The fourth-order valence-electron chi connectivity index (χ4n) is 2.08. The molecular weight excluding hydrogens is 335 g/mol. The van der Waals surface area contributed by atoms with E-state index in [4.69, 9.17) is 23.2 Å². The number of phenols is 1. The molecule has 2 aromatic rings. The Morgan fingerprint density at radius 2 is 1.83 bits per heavy atom. The number of halogens is 2. The van der Waals surface area contributed by atoms with Crippen LogP contribution in [0.3, 0.4) is 0 Å². The Morgan fingerprint density at radius 3 is 2.48 bits per heavy atom. The molecule has 1 atom stereocenters. The predicted molar refractivity (Wildman–Crippen MR) is 94.5 cm³/mol. The third kappa shape index (κ3) is 5.66. The molecule has 0 unspecified atom stereocenters. The van der Waals surface area contributed by atoms with Crippen molar-refractivity contribution in [3.05, 3.63) is 58.1 Å². The Labute approximate surface area is 145 Å². The lowest BCUT2D eigenvalue weighted by Gasteiger charge is -2.15. The average molecular weight is 353 g/mol. The molecule has 0 aliphatic carbocycles. The fourth-order valence-corrected chi connectivity index (χ4v) is 2.38. The lowest BCUT2D eigenvalue weighted by molar-refractivity contribution is 0.248. The first-order valence-electron chi connectivity index (χ1n) is 7.24. The van der Waals surface area contributed by atoms with Crippen LogP contribution in [0.4, 0.5) is 10.5 Å². The monoisotopic (exact) mass is 352 g/mol. The van der Waals surface area contributed by atoms with Crippen LogP contribution in [-0.2, 0) is 6.42 Å². The summed E-state index contributed by atoms with van der Waals surface area (Å²) in [5.74, 6) is 0.251. The number of urea groups is 1. The van der Waals surface area contributed by atoms with Crippen LogP contribution in [-0.4, -0.2) is 17.2 Å². The van der Waals surface area contributed by atoms with E-state index >= 15 is 0 Å². The Bertz CT molecular complexity index is 675. The van der Waals surface area contributed by atoms with Gasteiger partial charge in [-0.15, -0.1) is 0 Å². The summed E-state index contributed by atoms with van der Waals surface area (Å²) in [6, 6.07) is 11.7. The second-order valence-corrected chi connectivity index (χ2v) is 6.15. The van der Waals surface area contributed by atoms with Gasteiger partial charge in [0.2, 0.25) is 0 Å². The van der Waals surface area contributed by atoms with E-state index in [9.17, 15) is 9.90 Å². The molecule has 122 valence electrons. The van der Waals surface area contributed by atoms with Gasteiger partial charge in [0, 0.05) is 11.7 Å². The summed E-state index contributed by atoms with van der Waals surface area (Å²) < 4.78 is 0. The minimum atomic E-state index is -0.290. The van der Waals surface area contributed by atoms with E-state index < -0.39 is 0 Å². The third-order valence-electron chi connectivity index (χ3n) is 3.36. The summed E-state index contributed by atoms with van der Waals surface area (Å²) >= 11 is 11.7. The van der Waals surface area contributed by atoms with Gasteiger partial charge in [0.25, 0.3) is 0 Å². The van der Waals surface area contributed by atoms with Crippen molar-refractivity contribution in [1.29, 1.82) is 0 Å². The molecular formula is C17H18Cl2N2O2. The minimum absolute atomic E-state index is 0.00609. The lowest BCUT2D eigenvalue weighted by atomic mass is 10.1. The van der Waals surface area contributed by atoms with Crippen molar-refractivity contribution < 1.29 is 9.90 Å². The summed E-state index contributed by atoms with van der Waals surface area (Å²) in [7, 11) is 0. The quantitative estimate of drug-likeness (QED) is 0.720. The van der Waals surface area contributed by atoms with Crippen molar-refractivity contribution in [3.8, 4) is 5.75 Å². The van der Waals surface area contributed by atoms with Crippen LogP contribution in [0.15, 0.2) is 42.5 Å². The number of benzene rings is 2. The maximum Gasteiger partial charge on any atom is 0.319 e. The first-order valence-corrected chi connectivity index (χ1v) is 8.00. The molecule has 0 saturated heterocycles. The summed E-state index contributed by atoms with van der Waals surface area (Å²) in [4.78, 5) is 11.9. The van der Waals surface area contributed by atoms with Crippen molar-refractivity contribution in [2.24, 2.45) is 0 Å². The molecule has 6 heteroatoms. The molecule has 0 aliphatic rings. The first-order chi connectivity index (χ1) is 10.9. The zero-order valence-electron chi connectivity index (χ0n) is 12.6. The SMILES string of the molecule is C[C@@H](CCc1ccc(O)cc1)NC(=O)Nc1ccc(Cl)c(Cl)c1. The molecule has 0 bridgehead atoms. The molecule has 2 rings (SSSR count). The van der Waals surface area contributed by atoms with Gasteiger partial charge < -0.3 is 15.7 Å². The highest BCUT2D eigenvalue weighted by atomic mass is 35.5. The molecule has 0 aromatic heterocycles. The third-order valence-corrected chi connectivity index (χ3v) is 4.10. The number of aryl methyl sites for hydroxylation is 1. The maximum atomic E-state index is 11.9. The molecule has 0 aliphatic heterocycles. The predicted octanol–water partition coefficient (Wildman–Crippen LogP) is 4.84. The number of aromatic hydroxyl groups is 1. The zero-order chi connectivity index (χ0) is 16.8. The molecule has 0 spiro atoms. The molecule has 0 radical (unpaired) electrons. The topological polar surface area (TPSA) is 61.4 Å². The number of amides is 2. The zero-order valence-corrected chi connectivity index (χ0v) is 14.2. The van der Waals surface area contributed by atoms with Gasteiger partial charge >= 0.3 is 6.03 Å². The summed E-state index contributed by atoms with van der Waals surface area (Å²) in [6.07, 6.45) is 1.61. The Morgan fingerprint density at radius 1 is 1.13 bits per heavy atom. The van der Waals surface area contributed by atoms with E-state index in [2.05, 4.69) is 10.6 Å². The molecule has 2 amide bonds. The van der Waals surface area contributed by atoms with Crippen LogP contribution in [0.5, 0.6) is 5.75 Å². The van der Waals surface area contributed by atoms with E-state index in [1.165, 1.54) is 0 Å². The fraction of sp³-hybridized carbons (Fsp3) is 0.235. The number of rotatable bonds is 5. The van der Waals surface area contributed by atoms with Crippen molar-refractivity contribution >= 4 is 34.9 Å². The van der Waals surface area contributed by atoms with E-state index in [1.807, 2.05) is 19.1 Å². The second kappa shape index (κ2) is 8.09. The highest BCUT2D eigenvalue weighted by molar-refractivity contribution is 6.42. The second-order valence-electron chi connectivity index (χ2n) is 5.33. The van der Waals surface area contributed by atoms with Gasteiger partial charge in [0.05, 0.1) is 10.0 Å². The number of hydrogen-bond donors (Lipinski definition) is 3. The summed E-state index contributed by atoms with van der Waals surface area (Å²) in [6.45, 7) is 1.94. The minimum Gasteiger partial charge on any atom is -0.508 e. The molecule has 0 heterocycles. The van der Waals surface area contributed by atoms with Gasteiger partial charge in [0.1, 0.15) is 5.75 Å². The van der Waals surface area contributed by atoms with Crippen molar-refractivity contribution in [2.75, 3.05) is 5.32 Å². The molecule has 3 N–H and O–H groups in total. The largest absolute Gasteiger partial charge is 0.508 e. The molecule has 4 nitrogen and oxygen atoms in total. The number of carbonyl (C=O) groups is 1. The van der Waals surface area contributed by atoms with Crippen LogP contribution >= 0.6 is 23.2 Å². The highest BCUT2D eigenvalue weighted by Gasteiger charge is 2.08. The van der Waals surface area contributed by atoms with Crippen LogP contribution < -0.4 is 10.6 Å². The van der Waals surface area contributed by atoms with Gasteiger partial charge in [-0.1, -0.05) is 35.3 Å². The van der Waals surface area contributed by atoms with E-state index in [0.717, 1.165) is 18.4 Å². The summed E-state index contributed by atoms with van der Waals surface area (Å²) in [5.41, 5.74) is 1.70. The number of phenolic OH excluding ortho intramolecular Hbond substituents is 1. The van der Waals surface area contributed by atoms with Gasteiger partial charge in [-0.3, -0.25) is 0 Å². The van der Waals surface area contributed by atoms with Crippen LogP contribution in [0.2, 0.25) is 10.0 Å². The van der Waals surface area contributed by atoms with Crippen molar-refractivity contribution in [1.82, 2.24) is 5.32 Å². The molecule has 0 saturated carbocycles. The standard InChI is InChI=1S/C17H18Cl2N2O2/c1-11(2-3-12-4-7-14(22)8-5-12)20-17(23)21-13-6-9-15(18)16(19)10-13/h4-11,22H,2-3H2,1H3,(H2,20,21,23)/t11-/m0/s1. The van der Waals surface area contributed by atoms with Crippen molar-refractivity contribution in [3.63, 3.8) is 0 Å². The van der Waals surface area contributed by atoms with Crippen molar-refractivity contribution in [2.45, 2.75) is 25.8 Å². The smallest absolute Gasteiger partial charge is 0.319 e. The van der Waals surface area contributed by atoms with Crippen LogP contribution in [0.25, 0.3) is 0 Å². The normalized spacial score (nSPS) is 11.8. The number of nitrogens with one attached hydrogen (secondary N) is 2. The molecule has 23 heavy (non-hydrogen) atoms. The van der Waals surface area contributed by atoms with Gasteiger partial charge in [0.15, 0.2) is 0 Å². The van der Waals surface area contributed by atoms with Gasteiger partial charge in [-0.05, 0) is 55.7 Å². The van der Waals surface area contributed by atoms with Gasteiger partial charge in [-0.2, -0.15) is 0 Å². The Hall–Kier alpha value is -1.91. The average Bonchev–Trinajstić information content (AvgIpc) is 2.50. The number of carbonyl (C=O) groups excluding carboxylic acids is 1.